The lowest BCUT2D eigenvalue weighted by Crippen LogP contribution is -2.40. The summed E-state index contributed by atoms with van der Waals surface area (Å²) in [6.07, 6.45) is 4.78. The van der Waals surface area contributed by atoms with Crippen LogP contribution in [0.1, 0.15) is 70.3 Å². The van der Waals surface area contributed by atoms with E-state index >= 15 is 0 Å². The van der Waals surface area contributed by atoms with Crippen molar-refractivity contribution >= 4 is 8.32 Å². The maximum atomic E-state index is 12.3. The SMILES string of the molecule is CC(C)(C)[Si](C)(C)OCc1cc(=O)c(O)c(C(C[N+](=O)[O-])C2CCCCC2)o1. The molecular weight excluding hydrogens is 378 g/mol. The lowest BCUT2D eigenvalue weighted by atomic mass is 9.78. The van der Waals surface area contributed by atoms with Crippen LogP contribution in [0, 0.1) is 16.0 Å². The fraction of sp³-hybridized carbons (Fsp3) is 0.750. The summed E-state index contributed by atoms with van der Waals surface area (Å²) in [6.45, 7) is 10.3. The Hall–Kier alpha value is -1.67. The second-order valence-electron chi connectivity index (χ2n) is 9.36. The highest BCUT2D eigenvalue weighted by Gasteiger charge is 2.38. The minimum Gasteiger partial charge on any atom is -0.502 e. The zero-order valence-electron chi connectivity index (χ0n) is 17.6. The van der Waals surface area contributed by atoms with Crippen LogP contribution in [0.2, 0.25) is 18.1 Å². The quantitative estimate of drug-likeness (QED) is 0.392. The maximum absolute atomic E-state index is 12.3. The molecule has 28 heavy (non-hydrogen) atoms. The molecule has 1 atom stereocenters. The molecule has 1 N–H and O–H groups in total. The molecule has 1 unspecified atom stereocenters. The predicted molar refractivity (Wildman–Crippen MR) is 110 cm³/mol. The van der Waals surface area contributed by atoms with Gasteiger partial charge in [0.1, 0.15) is 5.76 Å². The molecule has 1 heterocycles. The van der Waals surface area contributed by atoms with Crippen LogP contribution < -0.4 is 5.43 Å². The molecule has 0 bridgehead atoms. The fourth-order valence-corrected chi connectivity index (χ4v) is 4.42. The van der Waals surface area contributed by atoms with Gasteiger partial charge in [0.15, 0.2) is 14.1 Å². The van der Waals surface area contributed by atoms with Gasteiger partial charge in [-0.3, -0.25) is 14.9 Å². The van der Waals surface area contributed by atoms with Crippen LogP contribution in [-0.4, -0.2) is 24.9 Å². The van der Waals surface area contributed by atoms with Gasteiger partial charge < -0.3 is 13.9 Å². The Bertz CT molecular complexity index is 746. The minimum atomic E-state index is -2.05. The third kappa shape index (κ3) is 5.44. The van der Waals surface area contributed by atoms with E-state index in [1.165, 1.54) is 6.07 Å². The van der Waals surface area contributed by atoms with Crippen LogP contribution in [0.25, 0.3) is 0 Å². The smallest absolute Gasteiger partial charge is 0.227 e. The Balaban J connectivity index is 2.34. The van der Waals surface area contributed by atoms with Gasteiger partial charge in [-0.15, -0.1) is 0 Å². The second kappa shape index (κ2) is 8.78. The molecule has 0 saturated heterocycles. The monoisotopic (exact) mass is 411 g/mol. The Labute approximate surface area is 167 Å². The Morgan fingerprint density at radius 1 is 1.32 bits per heavy atom. The second-order valence-corrected chi connectivity index (χ2v) is 14.2. The molecule has 1 aliphatic carbocycles. The summed E-state index contributed by atoms with van der Waals surface area (Å²) < 4.78 is 12.0. The highest BCUT2D eigenvalue weighted by atomic mass is 28.4. The van der Waals surface area contributed by atoms with E-state index < -0.39 is 30.3 Å². The molecule has 7 nitrogen and oxygen atoms in total. The molecule has 158 valence electrons. The van der Waals surface area contributed by atoms with Crippen molar-refractivity contribution in [1.82, 2.24) is 0 Å². The van der Waals surface area contributed by atoms with E-state index in [0.29, 0.717) is 5.76 Å². The molecule has 0 amide bonds. The van der Waals surface area contributed by atoms with Crippen molar-refractivity contribution in [3.8, 4) is 5.75 Å². The lowest BCUT2D eigenvalue weighted by molar-refractivity contribution is -0.485. The first kappa shape index (κ1) is 22.6. The van der Waals surface area contributed by atoms with Crippen molar-refractivity contribution in [3.05, 3.63) is 37.9 Å². The van der Waals surface area contributed by atoms with Gasteiger partial charge in [0.05, 0.1) is 12.5 Å². The standard InChI is InChI=1S/C20H33NO6Si/c1-20(2,3)28(4,5)26-13-15-11-17(22)18(23)19(27-15)16(12-21(24)25)14-9-7-6-8-10-14/h11,14,16,23H,6-10,12-13H2,1-5H3. The van der Waals surface area contributed by atoms with Gasteiger partial charge in [-0.05, 0) is 36.9 Å². The third-order valence-corrected chi connectivity index (χ3v) is 10.8. The summed E-state index contributed by atoms with van der Waals surface area (Å²) in [5, 5.41) is 21.6. The van der Waals surface area contributed by atoms with Crippen LogP contribution in [-0.2, 0) is 11.0 Å². The first-order valence-corrected chi connectivity index (χ1v) is 12.9. The van der Waals surface area contributed by atoms with Gasteiger partial charge in [-0.25, -0.2) is 0 Å². The Kier molecular flexibility index (Phi) is 7.09. The molecule has 1 fully saturated rings. The van der Waals surface area contributed by atoms with E-state index in [2.05, 4.69) is 33.9 Å². The summed E-state index contributed by atoms with van der Waals surface area (Å²) in [6, 6.07) is 1.23. The van der Waals surface area contributed by atoms with Crippen LogP contribution in [0.5, 0.6) is 5.75 Å². The zero-order valence-corrected chi connectivity index (χ0v) is 18.6. The molecule has 1 aliphatic rings. The normalized spacial score (nSPS) is 17.5. The van der Waals surface area contributed by atoms with Crippen molar-refractivity contribution in [2.45, 2.75) is 83.5 Å². The average molecular weight is 412 g/mol. The Morgan fingerprint density at radius 3 is 2.46 bits per heavy atom. The number of hydrogen-bond acceptors (Lipinski definition) is 6. The molecule has 8 heteroatoms. The number of hydrogen-bond donors (Lipinski definition) is 1. The highest BCUT2D eigenvalue weighted by Crippen LogP contribution is 2.40. The van der Waals surface area contributed by atoms with Crippen molar-refractivity contribution in [1.29, 1.82) is 0 Å². The van der Waals surface area contributed by atoms with Crippen molar-refractivity contribution in [2.75, 3.05) is 6.54 Å². The molecule has 1 saturated carbocycles. The summed E-state index contributed by atoms with van der Waals surface area (Å²) in [4.78, 5) is 23.2. The van der Waals surface area contributed by atoms with Gasteiger partial charge in [0.2, 0.25) is 17.7 Å². The number of rotatable bonds is 7. The van der Waals surface area contributed by atoms with Gasteiger partial charge in [0, 0.05) is 11.0 Å². The topological polar surface area (TPSA) is 103 Å². The number of nitro groups is 1. The van der Waals surface area contributed by atoms with Gasteiger partial charge >= 0.3 is 0 Å². The average Bonchev–Trinajstić information content (AvgIpc) is 2.60. The molecule has 0 spiro atoms. The highest BCUT2D eigenvalue weighted by molar-refractivity contribution is 6.74. The largest absolute Gasteiger partial charge is 0.502 e. The van der Waals surface area contributed by atoms with Crippen molar-refractivity contribution in [3.63, 3.8) is 0 Å². The molecule has 2 rings (SSSR count). The molecule has 1 aromatic heterocycles. The zero-order chi connectivity index (χ0) is 21.1. The van der Waals surface area contributed by atoms with Crippen LogP contribution in [0.4, 0.5) is 0 Å². The molecule has 0 aromatic carbocycles. The fourth-order valence-electron chi connectivity index (χ4n) is 3.49. The van der Waals surface area contributed by atoms with E-state index in [0.717, 1.165) is 32.1 Å². The van der Waals surface area contributed by atoms with Crippen molar-refractivity contribution < 1.29 is 18.9 Å². The van der Waals surface area contributed by atoms with Crippen LogP contribution in [0.15, 0.2) is 15.3 Å². The first-order valence-electron chi connectivity index (χ1n) is 10.0. The van der Waals surface area contributed by atoms with E-state index in [9.17, 15) is 20.0 Å². The van der Waals surface area contributed by atoms with Crippen LogP contribution in [0.3, 0.4) is 0 Å². The molecule has 1 aromatic rings. The summed E-state index contributed by atoms with van der Waals surface area (Å²) in [5.41, 5.74) is -0.570. The predicted octanol–water partition coefficient (Wildman–Crippen LogP) is 4.81. The van der Waals surface area contributed by atoms with E-state index in [-0.39, 0.29) is 29.9 Å². The van der Waals surface area contributed by atoms with Crippen molar-refractivity contribution in [2.24, 2.45) is 5.92 Å². The van der Waals surface area contributed by atoms with Gasteiger partial charge in [-0.2, -0.15) is 0 Å². The van der Waals surface area contributed by atoms with E-state index in [4.69, 9.17) is 8.84 Å². The summed E-state index contributed by atoms with van der Waals surface area (Å²) in [5.74, 6) is -0.717. The summed E-state index contributed by atoms with van der Waals surface area (Å²) >= 11 is 0. The number of nitrogens with zero attached hydrogens (tertiary/aromatic N) is 1. The third-order valence-electron chi connectivity index (χ3n) is 6.28. The van der Waals surface area contributed by atoms with Gasteiger partial charge in [-0.1, -0.05) is 40.0 Å². The molecule has 0 aliphatic heterocycles. The lowest BCUT2D eigenvalue weighted by Gasteiger charge is -2.36. The Morgan fingerprint density at radius 2 is 1.93 bits per heavy atom. The molecule has 0 radical (unpaired) electrons. The summed E-state index contributed by atoms with van der Waals surface area (Å²) in [7, 11) is -2.05. The minimum absolute atomic E-state index is 0.00327. The van der Waals surface area contributed by atoms with E-state index in [1.807, 2.05) is 0 Å². The van der Waals surface area contributed by atoms with Crippen LogP contribution >= 0.6 is 0 Å². The maximum Gasteiger partial charge on any atom is 0.227 e. The first-order chi connectivity index (χ1) is 12.9. The van der Waals surface area contributed by atoms with E-state index in [1.54, 1.807) is 0 Å². The number of aromatic hydroxyl groups is 1. The molecular formula is C20H33NO6Si. The van der Waals surface area contributed by atoms with Gasteiger partial charge in [0.25, 0.3) is 0 Å².